The summed E-state index contributed by atoms with van der Waals surface area (Å²) in [6.45, 7) is 5.33. The van der Waals surface area contributed by atoms with Crippen molar-refractivity contribution in [3.8, 4) is 0 Å². The molecule has 1 aromatic heterocycles. The summed E-state index contributed by atoms with van der Waals surface area (Å²) >= 11 is 6.41. The maximum atomic E-state index is 6.41. The highest BCUT2D eigenvalue weighted by atomic mass is 35.5. The Morgan fingerprint density at radius 2 is 1.95 bits per heavy atom. The fourth-order valence-corrected chi connectivity index (χ4v) is 4.25. The topological polar surface area (TPSA) is 30.3 Å². The Hall–Kier alpha value is -0.580. The van der Waals surface area contributed by atoms with Crippen LogP contribution in [0.3, 0.4) is 0 Å². The molecule has 4 nitrogen and oxygen atoms in total. The molecule has 1 aliphatic carbocycles. The molecule has 0 spiro atoms. The van der Waals surface area contributed by atoms with E-state index in [-0.39, 0.29) is 0 Å². The smallest absolute Gasteiger partial charge is 0.131 e. The number of nitrogens with zero attached hydrogens (tertiary/aromatic N) is 3. The largest absolute Gasteiger partial charge is 0.381 e. The number of ether oxygens (including phenoxy) is 1. The Balaban J connectivity index is 1.74. The van der Waals surface area contributed by atoms with Crippen LogP contribution in [0.25, 0.3) is 0 Å². The van der Waals surface area contributed by atoms with Gasteiger partial charge < -0.3 is 4.74 Å². The van der Waals surface area contributed by atoms with Gasteiger partial charge in [-0.15, -0.1) is 0 Å². The number of likely N-dealkylation sites (tertiary alicyclic amines) is 1. The zero-order valence-electron chi connectivity index (χ0n) is 12.6. The number of hydrogen-bond acceptors (Lipinski definition) is 3. The van der Waals surface area contributed by atoms with Gasteiger partial charge in [0.1, 0.15) is 5.15 Å². The molecule has 2 aliphatic rings. The van der Waals surface area contributed by atoms with E-state index < -0.39 is 0 Å². The van der Waals surface area contributed by atoms with Crippen LogP contribution >= 0.6 is 11.6 Å². The standard InChI is InChI=1S/C15H24ClN3O/c1-4-13-12(15(16)18(2)17-13)9-19-7-10-5-6-11(8-19)14(10)20-3/h10-11,14H,4-9H2,1-3H3/t10-,11+,14?. The average molecular weight is 298 g/mol. The molecule has 0 aromatic carbocycles. The zero-order chi connectivity index (χ0) is 14.3. The van der Waals surface area contributed by atoms with Crippen LogP contribution in [0.5, 0.6) is 0 Å². The molecule has 1 saturated carbocycles. The molecule has 0 radical (unpaired) electrons. The van der Waals surface area contributed by atoms with E-state index in [1.165, 1.54) is 18.4 Å². The highest BCUT2D eigenvalue weighted by Gasteiger charge is 2.42. The van der Waals surface area contributed by atoms with Gasteiger partial charge in [-0.3, -0.25) is 9.58 Å². The van der Waals surface area contributed by atoms with Gasteiger partial charge in [-0.25, -0.2) is 0 Å². The highest BCUT2D eigenvalue weighted by Crippen LogP contribution is 2.39. The summed E-state index contributed by atoms with van der Waals surface area (Å²) in [5.74, 6) is 1.39. The summed E-state index contributed by atoms with van der Waals surface area (Å²) in [4.78, 5) is 2.54. The van der Waals surface area contributed by atoms with Gasteiger partial charge in [0, 0.05) is 39.4 Å². The molecule has 3 rings (SSSR count). The third kappa shape index (κ3) is 2.38. The molecule has 1 saturated heterocycles. The first-order valence-electron chi connectivity index (χ1n) is 7.59. The maximum absolute atomic E-state index is 6.41. The van der Waals surface area contributed by atoms with Gasteiger partial charge in [-0.05, 0) is 31.1 Å². The fourth-order valence-electron chi connectivity index (χ4n) is 4.05. The number of piperidine rings is 1. The van der Waals surface area contributed by atoms with E-state index in [9.17, 15) is 0 Å². The molecule has 3 atom stereocenters. The second kappa shape index (κ2) is 5.66. The van der Waals surface area contributed by atoms with Crippen LogP contribution in [0.2, 0.25) is 5.15 Å². The van der Waals surface area contributed by atoms with Crippen LogP contribution in [0.15, 0.2) is 0 Å². The van der Waals surface area contributed by atoms with Crippen molar-refractivity contribution in [2.45, 2.75) is 38.8 Å². The normalized spacial score (nSPS) is 30.1. The summed E-state index contributed by atoms with van der Waals surface area (Å²) in [5, 5.41) is 5.31. The number of aromatic nitrogens is 2. The zero-order valence-corrected chi connectivity index (χ0v) is 13.4. The first kappa shape index (κ1) is 14.4. The quantitative estimate of drug-likeness (QED) is 0.855. The van der Waals surface area contributed by atoms with E-state index in [0.717, 1.165) is 36.9 Å². The van der Waals surface area contributed by atoms with Gasteiger partial charge in [0.25, 0.3) is 0 Å². The lowest BCUT2D eigenvalue weighted by atomic mass is 9.94. The number of fused-ring (bicyclic) bond motifs is 2. The molecule has 20 heavy (non-hydrogen) atoms. The first-order chi connectivity index (χ1) is 9.63. The molecule has 2 fully saturated rings. The van der Waals surface area contributed by atoms with Crippen molar-refractivity contribution in [3.63, 3.8) is 0 Å². The first-order valence-corrected chi connectivity index (χ1v) is 7.97. The Morgan fingerprint density at radius 1 is 1.30 bits per heavy atom. The van der Waals surface area contributed by atoms with Crippen molar-refractivity contribution in [2.24, 2.45) is 18.9 Å². The van der Waals surface area contributed by atoms with Crippen molar-refractivity contribution < 1.29 is 4.74 Å². The molecule has 0 N–H and O–H groups in total. The molecule has 5 heteroatoms. The van der Waals surface area contributed by atoms with Gasteiger partial charge in [0.15, 0.2) is 0 Å². The monoisotopic (exact) mass is 297 g/mol. The van der Waals surface area contributed by atoms with E-state index in [1.54, 1.807) is 4.68 Å². The van der Waals surface area contributed by atoms with E-state index in [4.69, 9.17) is 16.3 Å². The second-order valence-corrected chi connectivity index (χ2v) is 6.54. The van der Waals surface area contributed by atoms with Gasteiger partial charge in [0.2, 0.25) is 0 Å². The summed E-state index contributed by atoms with van der Waals surface area (Å²) in [6, 6.07) is 0. The predicted molar refractivity (Wildman–Crippen MR) is 79.9 cm³/mol. The number of methoxy groups -OCH3 is 1. The van der Waals surface area contributed by atoms with E-state index in [2.05, 4.69) is 16.9 Å². The lowest BCUT2D eigenvalue weighted by molar-refractivity contribution is -0.0180. The third-order valence-corrected chi connectivity index (χ3v) is 5.44. The molecule has 1 aromatic rings. The third-order valence-electron chi connectivity index (χ3n) is 4.96. The minimum Gasteiger partial charge on any atom is -0.381 e. The van der Waals surface area contributed by atoms with Crippen molar-refractivity contribution in [1.82, 2.24) is 14.7 Å². The van der Waals surface area contributed by atoms with Crippen LogP contribution in [-0.4, -0.2) is 41.0 Å². The van der Waals surface area contributed by atoms with E-state index in [1.807, 2.05) is 14.2 Å². The molecule has 0 amide bonds. The van der Waals surface area contributed by atoms with Crippen LogP contribution < -0.4 is 0 Å². The molecule has 1 unspecified atom stereocenters. The van der Waals surface area contributed by atoms with Crippen molar-refractivity contribution in [1.29, 1.82) is 0 Å². The molecular formula is C15H24ClN3O. The lowest BCUT2D eigenvalue weighted by Gasteiger charge is -2.37. The van der Waals surface area contributed by atoms with Gasteiger partial charge in [-0.1, -0.05) is 18.5 Å². The summed E-state index contributed by atoms with van der Waals surface area (Å²) in [5.41, 5.74) is 2.35. The van der Waals surface area contributed by atoms with Crippen LogP contribution in [0.4, 0.5) is 0 Å². The number of halogens is 1. The Labute approximate surface area is 126 Å². The average Bonchev–Trinajstić information content (AvgIpc) is 2.85. The minimum absolute atomic E-state index is 0.473. The van der Waals surface area contributed by atoms with Crippen molar-refractivity contribution in [3.05, 3.63) is 16.4 Å². The van der Waals surface area contributed by atoms with Gasteiger partial charge in [0.05, 0.1) is 11.8 Å². The van der Waals surface area contributed by atoms with Crippen molar-refractivity contribution in [2.75, 3.05) is 20.2 Å². The second-order valence-electron chi connectivity index (χ2n) is 6.19. The molecule has 2 bridgehead atoms. The fraction of sp³-hybridized carbons (Fsp3) is 0.800. The van der Waals surface area contributed by atoms with Crippen LogP contribution in [0, 0.1) is 11.8 Å². The molecule has 2 heterocycles. The van der Waals surface area contributed by atoms with Gasteiger partial charge in [-0.2, -0.15) is 5.10 Å². The lowest BCUT2D eigenvalue weighted by Crippen LogP contribution is -2.45. The molecule has 112 valence electrons. The summed E-state index contributed by atoms with van der Waals surface area (Å²) in [7, 11) is 3.78. The SMILES string of the molecule is CCc1nn(C)c(Cl)c1CN1C[C@H]2CC[C@@H](C1)C2OC. The Morgan fingerprint density at radius 3 is 2.50 bits per heavy atom. The molecular weight excluding hydrogens is 274 g/mol. The minimum atomic E-state index is 0.473. The number of hydrogen-bond donors (Lipinski definition) is 0. The Bertz CT molecular complexity index is 474. The van der Waals surface area contributed by atoms with Crippen LogP contribution in [0.1, 0.15) is 31.0 Å². The summed E-state index contributed by atoms with van der Waals surface area (Å²) < 4.78 is 7.48. The summed E-state index contributed by atoms with van der Waals surface area (Å²) in [6.07, 6.45) is 4.03. The number of rotatable bonds is 4. The maximum Gasteiger partial charge on any atom is 0.131 e. The van der Waals surface area contributed by atoms with Crippen molar-refractivity contribution >= 4 is 11.6 Å². The Kier molecular flexibility index (Phi) is 4.07. The number of aryl methyl sites for hydroxylation is 2. The van der Waals surface area contributed by atoms with E-state index >= 15 is 0 Å². The van der Waals surface area contributed by atoms with Crippen LogP contribution in [-0.2, 0) is 24.8 Å². The molecule has 1 aliphatic heterocycles. The van der Waals surface area contributed by atoms with Gasteiger partial charge >= 0.3 is 0 Å². The predicted octanol–water partition coefficient (Wildman–Crippen LogP) is 2.49. The highest BCUT2D eigenvalue weighted by molar-refractivity contribution is 6.30. The van der Waals surface area contributed by atoms with E-state index in [0.29, 0.717) is 17.9 Å².